The van der Waals surface area contributed by atoms with E-state index in [0.29, 0.717) is 0 Å². The lowest BCUT2D eigenvalue weighted by Gasteiger charge is -2.17. The lowest BCUT2D eigenvalue weighted by molar-refractivity contribution is 0.346. The summed E-state index contributed by atoms with van der Waals surface area (Å²) >= 11 is 33.5. The van der Waals surface area contributed by atoms with Crippen LogP contribution in [0.5, 0.6) is 5.75 Å². The summed E-state index contributed by atoms with van der Waals surface area (Å²) in [6, 6.07) is 4.22. The fourth-order valence-corrected chi connectivity index (χ4v) is 1.88. The first kappa shape index (κ1) is 13.8. The summed E-state index contributed by atoms with van der Waals surface area (Å²) in [5, 5.41) is 11.8. The van der Waals surface area contributed by atoms with Crippen molar-refractivity contribution >= 4 is 69.6 Å². The second-order valence-electron chi connectivity index (χ2n) is 2.68. The molecule has 0 aliphatic rings. The van der Waals surface area contributed by atoms with Crippen molar-refractivity contribution in [2.24, 2.45) is 0 Å². The van der Waals surface area contributed by atoms with Crippen LogP contribution >= 0.6 is 69.6 Å². The second-order valence-corrected chi connectivity index (χ2v) is 7.24. The molecule has 0 bridgehead atoms. The Morgan fingerprint density at radius 3 is 1.40 bits per heavy atom. The Morgan fingerprint density at radius 1 is 0.800 bits per heavy atom. The maximum absolute atomic E-state index is 11.8. The van der Waals surface area contributed by atoms with Crippen molar-refractivity contribution in [1.29, 1.82) is 0 Å². The Bertz CT molecular complexity index is 332. The van der Waals surface area contributed by atoms with Crippen LogP contribution < -0.4 is 0 Å². The van der Waals surface area contributed by atoms with Gasteiger partial charge in [-0.3, -0.25) is 5.11 Å². The lowest BCUT2D eigenvalue weighted by atomic mass is 10.1. The van der Waals surface area contributed by atoms with Gasteiger partial charge in [0.15, 0.2) is 5.75 Å². The number of hydrogen-bond acceptors (Lipinski definition) is 0. The van der Waals surface area contributed by atoms with Crippen LogP contribution in [-0.2, 0) is 12.7 Å². The maximum atomic E-state index is 11.8. The molecule has 0 fully saturated rings. The van der Waals surface area contributed by atoms with Gasteiger partial charge in [-0.05, 0) is 0 Å². The highest BCUT2D eigenvalue weighted by atomic mass is 35.6. The molecule has 0 unspecified atom stereocenters. The Hall–Kier alpha value is 0.760. The van der Waals surface area contributed by atoms with E-state index in [0.717, 1.165) is 0 Å². The van der Waals surface area contributed by atoms with Gasteiger partial charge in [0.1, 0.15) is 0 Å². The van der Waals surface area contributed by atoms with Crippen LogP contribution in [0.15, 0.2) is 18.2 Å². The highest BCUT2D eigenvalue weighted by molar-refractivity contribution is 6.68. The van der Waals surface area contributed by atoms with Crippen molar-refractivity contribution < 1.29 is 5.11 Å². The Kier molecular flexibility index (Phi) is 4.20. The smallest absolute Gasteiger partial charge is 0.219 e. The Balaban J connectivity index is 3.37. The zero-order valence-corrected chi connectivity index (χ0v) is 11.4. The third-order valence-corrected chi connectivity index (χ3v) is 2.85. The largest absolute Gasteiger partial charge is 0.289 e. The van der Waals surface area contributed by atoms with Gasteiger partial charge in [-0.1, -0.05) is 87.8 Å². The van der Waals surface area contributed by atoms with Gasteiger partial charge < -0.3 is 0 Å². The highest BCUT2D eigenvalue weighted by Gasteiger charge is 2.34. The summed E-state index contributed by atoms with van der Waals surface area (Å²) in [4.78, 5) is 0. The van der Waals surface area contributed by atoms with Gasteiger partial charge >= 0.3 is 0 Å². The van der Waals surface area contributed by atoms with Gasteiger partial charge in [-0.15, -0.1) is 0 Å². The van der Waals surface area contributed by atoms with Gasteiger partial charge in [0.25, 0.3) is 0 Å². The van der Waals surface area contributed by atoms with Crippen molar-refractivity contribution in [2.75, 3.05) is 0 Å². The molecule has 7 heteroatoms. The van der Waals surface area contributed by atoms with Crippen molar-refractivity contribution in [1.82, 2.24) is 0 Å². The fourth-order valence-electron chi connectivity index (χ4n) is 0.983. The monoisotopic (exact) mass is 325 g/mol. The average molecular weight is 328 g/mol. The molecule has 0 aliphatic carbocycles. The lowest BCUT2D eigenvalue weighted by Crippen LogP contribution is -2.06. The van der Waals surface area contributed by atoms with Crippen LogP contribution in [0, 0.1) is 0 Å². The standard InChI is InChI=1S/C8H3Cl6O/c9-7(10,11)4-2-1-3-5(6(4)15)8(12,13)14/h1-3H. The predicted octanol–water partition coefficient (Wildman–Crippen LogP) is 5.48. The van der Waals surface area contributed by atoms with E-state index in [-0.39, 0.29) is 11.1 Å². The van der Waals surface area contributed by atoms with E-state index in [1.54, 1.807) is 0 Å². The first-order valence-electron chi connectivity index (χ1n) is 3.58. The van der Waals surface area contributed by atoms with E-state index in [1.165, 1.54) is 18.2 Å². The van der Waals surface area contributed by atoms with E-state index in [4.69, 9.17) is 69.6 Å². The van der Waals surface area contributed by atoms with E-state index in [1.807, 2.05) is 0 Å². The zero-order chi connectivity index (χ0) is 11.9. The number of alkyl halides is 6. The van der Waals surface area contributed by atoms with Gasteiger partial charge in [0, 0.05) is 0 Å². The Morgan fingerprint density at radius 2 is 1.13 bits per heavy atom. The van der Waals surface area contributed by atoms with Crippen molar-refractivity contribution in [3.05, 3.63) is 29.3 Å². The molecule has 0 spiro atoms. The molecule has 0 aromatic heterocycles. The molecule has 0 atom stereocenters. The summed E-state index contributed by atoms with van der Waals surface area (Å²) in [5.74, 6) is -0.586. The molecular formula is C8H3Cl6O. The minimum Gasteiger partial charge on any atom is -0.289 e. The van der Waals surface area contributed by atoms with Crippen LogP contribution in [-0.4, -0.2) is 0 Å². The number of para-hydroxylation sites is 1. The predicted molar refractivity (Wildman–Crippen MR) is 65.0 cm³/mol. The summed E-state index contributed by atoms with van der Waals surface area (Å²) in [6.45, 7) is 0. The molecule has 1 nitrogen and oxygen atoms in total. The molecule has 15 heavy (non-hydrogen) atoms. The van der Waals surface area contributed by atoms with Crippen LogP contribution in [0.3, 0.4) is 0 Å². The molecule has 83 valence electrons. The number of benzene rings is 1. The summed E-state index contributed by atoms with van der Waals surface area (Å²) in [6.07, 6.45) is 0. The zero-order valence-electron chi connectivity index (χ0n) is 6.91. The van der Waals surface area contributed by atoms with E-state index in [2.05, 4.69) is 0 Å². The summed E-state index contributed by atoms with van der Waals surface area (Å²) < 4.78 is -3.66. The van der Waals surface area contributed by atoms with Crippen molar-refractivity contribution in [3.63, 3.8) is 0 Å². The highest BCUT2D eigenvalue weighted by Crippen LogP contribution is 2.49. The molecule has 0 aliphatic heterocycles. The third-order valence-electron chi connectivity index (χ3n) is 1.63. The Labute approximate surface area is 117 Å². The molecule has 0 amide bonds. The van der Waals surface area contributed by atoms with Crippen LogP contribution in [0.25, 0.3) is 0 Å². The molecule has 0 saturated carbocycles. The molecule has 0 saturated heterocycles. The van der Waals surface area contributed by atoms with Crippen LogP contribution in [0.4, 0.5) is 0 Å². The van der Waals surface area contributed by atoms with Crippen molar-refractivity contribution in [3.8, 4) is 5.75 Å². The first-order valence-corrected chi connectivity index (χ1v) is 5.85. The average Bonchev–Trinajstić information content (AvgIpc) is 1.99. The maximum Gasteiger partial charge on any atom is 0.219 e. The normalized spacial score (nSPS) is 12.9. The molecule has 0 heterocycles. The minimum absolute atomic E-state index is 0.0451. The number of hydrogen-bond donors (Lipinski definition) is 0. The van der Waals surface area contributed by atoms with E-state index >= 15 is 0 Å². The minimum atomic E-state index is -1.83. The molecule has 1 aromatic rings. The molecule has 1 rings (SSSR count). The third kappa shape index (κ3) is 3.36. The van der Waals surface area contributed by atoms with E-state index < -0.39 is 13.3 Å². The number of halogens is 6. The van der Waals surface area contributed by atoms with Crippen LogP contribution in [0.2, 0.25) is 0 Å². The fraction of sp³-hybridized carbons (Fsp3) is 0.250. The van der Waals surface area contributed by atoms with Gasteiger partial charge in [0.05, 0.1) is 11.1 Å². The molecular weight excluding hydrogens is 325 g/mol. The van der Waals surface area contributed by atoms with Crippen molar-refractivity contribution in [2.45, 2.75) is 7.59 Å². The van der Waals surface area contributed by atoms with Crippen LogP contribution in [0.1, 0.15) is 11.1 Å². The van der Waals surface area contributed by atoms with Gasteiger partial charge in [-0.2, -0.15) is 0 Å². The second kappa shape index (κ2) is 4.56. The molecule has 0 N–H and O–H groups in total. The van der Waals surface area contributed by atoms with Gasteiger partial charge in [0.2, 0.25) is 7.59 Å². The molecule has 1 radical (unpaired) electrons. The SMILES string of the molecule is [O]c1c(C(Cl)(Cl)Cl)cccc1C(Cl)(Cl)Cl. The quantitative estimate of drug-likeness (QED) is 0.562. The summed E-state index contributed by atoms with van der Waals surface area (Å²) in [5.41, 5.74) is -0.0901. The topological polar surface area (TPSA) is 19.9 Å². The van der Waals surface area contributed by atoms with E-state index in [9.17, 15) is 5.11 Å². The van der Waals surface area contributed by atoms with Gasteiger partial charge in [-0.25, -0.2) is 0 Å². The number of rotatable bonds is 0. The first-order chi connectivity index (χ1) is 6.64. The summed E-state index contributed by atoms with van der Waals surface area (Å²) in [7, 11) is 0. The molecule has 1 aromatic carbocycles.